The number of hydrogen-bond acceptors (Lipinski definition) is 2. The molecular weight excluding hydrogens is 689 g/mol. The minimum Gasteiger partial charge on any atom is -0.135 e. The fourth-order valence-corrected chi connectivity index (χ4v) is 11.3. The van der Waals surface area contributed by atoms with E-state index in [0.29, 0.717) is 0 Å². The number of fused-ring (bicyclic) bond motifs is 11. The number of benzene rings is 10. The van der Waals surface area contributed by atoms with Crippen LogP contribution in [0.1, 0.15) is 0 Å². The normalized spacial score (nSPS) is 12.1. The van der Waals surface area contributed by atoms with Crippen LogP contribution in [0.2, 0.25) is 0 Å². The predicted octanol–water partition coefficient (Wildman–Crippen LogP) is 16.0. The van der Waals surface area contributed by atoms with E-state index in [4.69, 9.17) is 0 Å². The third-order valence-electron chi connectivity index (χ3n) is 11.4. The Bertz CT molecular complexity index is 3430. The molecule has 0 radical (unpaired) electrons. The zero-order chi connectivity index (χ0) is 35.3. The van der Waals surface area contributed by atoms with Gasteiger partial charge in [-0.2, -0.15) is 0 Å². The van der Waals surface area contributed by atoms with Gasteiger partial charge in [0.25, 0.3) is 0 Å². The van der Waals surface area contributed by atoms with Gasteiger partial charge in [0.15, 0.2) is 0 Å². The van der Waals surface area contributed by atoms with Gasteiger partial charge in [-0.1, -0.05) is 146 Å². The summed E-state index contributed by atoms with van der Waals surface area (Å²) in [5, 5.41) is 15.7. The van der Waals surface area contributed by atoms with Gasteiger partial charge in [0.1, 0.15) is 0 Å². The van der Waals surface area contributed by atoms with Crippen molar-refractivity contribution in [3.8, 4) is 33.4 Å². The zero-order valence-electron chi connectivity index (χ0n) is 29.1. The summed E-state index contributed by atoms with van der Waals surface area (Å²) < 4.78 is 5.37. The number of rotatable bonds is 3. The van der Waals surface area contributed by atoms with E-state index in [1.165, 1.54) is 117 Å². The molecule has 0 aliphatic rings. The van der Waals surface area contributed by atoms with E-state index in [0.717, 1.165) is 0 Å². The molecule has 0 N–H and O–H groups in total. The Kier molecular flexibility index (Phi) is 6.48. The summed E-state index contributed by atoms with van der Waals surface area (Å²) in [6.45, 7) is 0. The molecule has 0 saturated carbocycles. The third kappa shape index (κ3) is 4.36. The average Bonchev–Trinajstić information content (AvgIpc) is 3.80. The summed E-state index contributed by atoms with van der Waals surface area (Å²) in [7, 11) is 0. The molecule has 0 bridgehead atoms. The third-order valence-corrected chi connectivity index (χ3v) is 13.7. The molecule has 0 fully saturated rings. The molecule has 12 rings (SSSR count). The molecule has 0 aliphatic carbocycles. The molecule has 0 atom stereocenters. The average molecular weight is 719 g/mol. The molecule has 0 nitrogen and oxygen atoms in total. The van der Waals surface area contributed by atoms with Crippen molar-refractivity contribution in [2.75, 3.05) is 0 Å². The Morgan fingerprint density at radius 3 is 1.54 bits per heavy atom. The van der Waals surface area contributed by atoms with E-state index >= 15 is 0 Å². The highest BCUT2D eigenvalue weighted by Crippen LogP contribution is 2.48. The summed E-state index contributed by atoms with van der Waals surface area (Å²) in [5.41, 5.74) is 7.61. The van der Waals surface area contributed by atoms with Crippen molar-refractivity contribution < 1.29 is 0 Å². The molecule has 0 amide bonds. The smallest absolute Gasteiger partial charge is 0.0362 e. The zero-order valence-corrected chi connectivity index (χ0v) is 30.8. The van der Waals surface area contributed by atoms with Crippen LogP contribution in [-0.2, 0) is 0 Å². The highest BCUT2D eigenvalue weighted by molar-refractivity contribution is 7.26. The van der Waals surface area contributed by atoms with Crippen molar-refractivity contribution in [1.29, 1.82) is 0 Å². The lowest BCUT2D eigenvalue weighted by Gasteiger charge is -2.19. The second-order valence-electron chi connectivity index (χ2n) is 14.3. The van der Waals surface area contributed by atoms with Crippen LogP contribution >= 0.6 is 22.7 Å². The van der Waals surface area contributed by atoms with Gasteiger partial charge in [-0.15, -0.1) is 22.7 Å². The first-order chi connectivity index (χ1) is 26.8. The van der Waals surface area contributed by atoms with Crippen molar-refractivity contribution in [2.24, 2.45) is 0 Å². The molecule has 2 heterocycles. The van der Waals surface area contributed by atoms with Gasteiger partial charge < -0.3 is 0 Å². The molecule has 0 saturated heterocycles. The van der Waals surface area contributed by atoms with Crippen molar-refractivity contribution in [3.05, 3.63) is 182 Å². The second-order valence-corrected chi connectivity index (χ2v) is 16.5. The first-order valence-corrected chi connectivity index (χ1v) is 20.1. The fourth-order valence-electron chi connectivity index (χ4n) is 9.09. The maximum Gasteiger partial charge on any atom is 0.0362 e. The van der Waals surface area contributed by atoms with Crippen molar-refractivity contribution in [2.45, 2.75) is 0 Å². The van der Waals surface area contributed by atoms with Crippen LogP contribution in [-0.4, -0.2) is 0 Å². The lowest BCUT2D eigenvalue weighted by molar-refractivity contribution is 1.64. The molecule has 250 valence electrons. The Hall–Kier alpha value is -6.32. The molecule has 0 unspecified atom stereocenters. The van der Waals surface area contributed by atoms with Gasteiger partial charge in [0, 0.05) is 40.3 Å². The van der Waals surface area contributed by atoms with E-state index in [2.05, 4.69) is 182 Å². The van der Waals surface area contributed by atoms with Crippen LogP contribution in [0.5, 0.6) is 0 Å². The first kappa shape index (κ1) is 30.2. The van der Waals surface area contributed by atoms with Gasteiger partial charge in [-0.25, -0.2) is 0 Å². The fraction of sp³-hybridized carbons (Fsp3) is 0. The quantitative estimate of drug-likeness (QED) is 0.160. The highest BCUT2D eigenvalue weighted by atomic mass is 32.1. The highest BCUT2D eigenvalue weighted by Gasteiger charge is 2.20. The van der Waals surface area contributed by atoms with Gasteiger partial charge in [0.05, 0.1) is 0 Å². The number of thiophene rings is 2. The first-order valence-electron chi connectivity index (χ1n) is 18.5. The molecule has 0 spiro atoms. The lowest BCUT2D eigenvalue weighted by Crippen LogP contribution is -1.92. The Morgan fingerprint density at radius 1 is 0.259 bits per heavy atom. The van der Waals surface area contributed by atoms with Gasteiger partial charge in [-0.05, 0) is 113 Å². The standard InChI is InChI=1S/C52H30S2/c1-2-12-31(13-3-1)34-24-25-41(36-15-5-4-14-35(34)36)51-39-18-8-6-16-37(39)50(38-17-7-9-19-40(38)51)33-23-26-47-44(29-33)45-28-32-22-27-48-52(43(32)30-49(45)54-47)42-20-10-11-21-46(42)53-48/h1-30H. The molecule has 12 aromatic rings. The minimum absolute atomic E-state index is 1.24. The summed E-state index contributed by atoms with van der Waals surface area (Å²) in [4.78, 5) is 0. The maximum atomic E-state index is 2.45. The monoisotopic (exact) mass is 718 g/mol. The van der Waals surface area contributed by atoms with E-state index in [1.807, 2.05) is 22.7 Å². The Morgan fingerprint density at radius 2 is 0.796 bits per heavy atom. The molecule has 2 heteroatoms. The summed E-state index contributed by atoms with van der Waals surface area (Å²) in [5.74, 6) is 0. The summed E-state index contributed by atoms with van der Waals surface area (Å²) in [6.07, 6.45) is 0. The van der Waals surface area contributed by atoms with E-state index in [9.17, 15) is 0 Å². The predicted molar refractivity (Wildman–Crippen MR) is 239 cm³/mol. The van der Waals surface area contributed by atoms with Crippen molar-refractivity contribution >= 4 is 106 Å². The van der Waals surface area contributed by atoms with E-state index in [1.54, 1.807) is 0 Å². The lowest BCUT2D eigenvalue weighted by atomic mass is 9.83. The van der Waals surface area contributed by atoms with Gasteiger partial charge in [0.2, 0.25) is 0 Å². The molecule has 10 aromatic carbocycles. The van der Waals surface area contributed by atoms with Gasteiger partial charge >= 0.3 is 0 Å². The van der Waals surface area contributed by atoms with Crippen molar-refractivity contribution in [3.63, 3.8) is 0 Å². The van der Waals surface area contributed by atoms with Crippen LogP contribution in [0.25, 0.3) is 117 Å². The van der Waals surface area contributed by atoms with Crippen molar-refractivity contribution in [1.82, 2.24) is 0 Å². The van der Waals surface area contributed by atoms with E-state index in [-0.39, 0.29) is 0 Å². The SMILES string of the molecule is c1ccc(-c2ccc(-c3c4ccccc4c(-c4ccc5sc6cc7c(ccc8sc9ccccc9c87)cc6c5c4)c4ccccc34)c3ccccc23)cc1. The largest absolute Gasteiger partial charge is 0.135 e. The summed E-state index contributed by atoms with van der Waals surface area (Å²) in [6, 6.07) is 67.9. The summed E-state index contributed by atoms with van der Waals surface area (Å²) >= 11 is 3.80. The Labute approximate surface area is 319 Å². The van der Waals surface area contributed by atoms with Crippen LogP contribution < -0.4 is 0 Å². The maximum absolute atomic E-state index is 2.45. The molecule has 0 aliphatic heterocycles. The molecular formula is C52H30S2. The number of hydrogen-bond donors (Lipinski definition) is 0. The minimum atomic E-state index is 1.24. The van der Waals surface area contributed by atoms with Crippen LogP contribution in [0.3, 0.4) is 0 Å². The Balaban J connectivity index is 1.11. The van der Waals surface area contributed by atoms with Gasteiger partial charge in [-0.3, -0.25) is 0 Å². The topological polar surface area (TPSA) is 0 Å². The van der Waals surface area contributed by atoms with E-state index < -0.39 is 0 Å². The second kappa shape index (κ2) is 11.6. The van der Waals surface area contributed by atoms with Crippen LogP contribution in [0, 0.1) is 0 Å². The molecule has 2 aromatic heterocycles. The van der Waals surface area contributed by atoms with Crippen LogP contribution in [0.15, 0.2) is 182 Å². The van der Waals surface area contributed by atoms with Crippen LogP contribution in [0.4, 0.5) is 0 Å². The molecule has 54 heavy (non-hydrogen) atoms.